The van der Waals surface area contributed by atoms with E-state index in [0.717, 1.165) is 61.4 Å². The van der Waals surface area contributed by atoms with Crippen LogP contribution in [0.4, 0.5) is 4.39 Å². The highest BCUT2D eigenvalue weighted by Crippen LogP contribution is 2.32. The van der Waals surface area contributed by atoms with Gasteiger partial charge in [0, 0.05) is 36.3 Å². The van der Waals surface area contributed by atoms with Crippen molar-refractivity contribution in [1.29, 1.82) is 0 Å². The first-order valence-corrected chi connectivity index (χ1v) is 13.9. The zero-order valence-electron chi connectivity index (χ0n) is 23.0. The highest BCUT2D eigenvalue weighted by atomic mass is 19.1. The van der Waals surface area contributed by atoms with E-state index in [-0.39, 0.29) is 5.82 Å². The number of hydrogen-bond acceptors (Lipinski definition) is 3. The average molecular weight is 514 g/mol. The summed E-state index contributed by atoms with van der Waals surface area (Å²) in [5.74, 6) is 1.48. The van der Waals surface area contributed by atoms with Gasteiger partial charge in [-0.05, 0) is 37.6 Å². The number of unbranched alkanes of at least 4 members (excludes halogenated alkanes) is 3. The smallest absolute Gasteiger partial charge is 0.140 e. The molecule has 4 rings (SSSR count). The Bertz CT molecular complexity index is 1270. The third-order valence-corrected chi connectivity index (χ3v) is 6.99. The van der Waals surface area contributed by atoms with Crippen LogP contribution in [0.2, 0.25) is 0 Å². The minimum absolute atomic E-state index is 0.197. The van der Waals surface area contributed by atoms with Gasteiger partial charge in [-0.25, -0.2) is 9.37 Å². The molecule has 1 aromatic heterocycles. The van der Waals surface area contributed by atoms with Crippen molar-refractivity contribution in [3.05, 3.63) is 95.9 Å². The van der Waals surface area contributed by atoms with Gasteiger partial charge in [0.25, 0.3) is 0 Å². The number of nitrogens with zero attached hydrogens (tertiary/aromatic N) is 3. The summed E-state index contributed by atoms with van der Waals surface area (Å²) in [6.45, 7) is 7.41. The number of halogens is 1. The molecule has 0 unspecified atom stereocenters. The Kier molecular flexibility index (Phi) is 10.1. The number of hydrogen-bond donors (Lipinski definition) is 0. The van der Waals surface area contributed by atoms with Crippen molar-refractivity contribution in [3.8, 4) is 28.4 Å². The van der Waals surface area contributed by atoms with E-state index in [1.165, 1.54) is 18.2 Å². The van der Waals surface area contributed by atoms with Gasteiger partial charge < -0.3 is 9.30 Å². The van der Waals surface area contributed by atoms with E-state index in [1.54, 1.807) is 13.2 Å². The lowest BCUT2D eigenvalue weighted by molar-refractivity contribution is 0.242. The summed E-state index contributed by atoms with van der Waals surface area (Å²) < 4.78 is 22.7. The van der Waals surface area contributed by atoms with E-state index >= 15 is 0 Å². The summed E-state index contributed by atoms with van der Waals surface area (Å²) in [6.07, 6.45) is 5.54. The Morgan fingerprint density at radius 3 is 2.16 bits per heavy atom. The van der Waals surface area contributed by atoms with Gasteiger partial charge in [-0.3, -0.25) is 4.90 Å². The van der Waals surface area contributed by atoms with Crippen molar-refractivity contribution < 1.29 is 9.13 Å². The number of benzene rings is 3. The quantitative estimate of drug-likeness (QED) is 0.159. The maximum absolute atomic E-state index is 14.9. The summed E-state index contributed by atoms with van der Waals surface area (Å²) in [5, 5.41) is 0. The van der Waals surface area contributed by atoms with Crippen molar-refractivity contribution in [3.63, 3.8) is 0 Å². The van der Waals surface area contributed by atoms with Crippen molar-refractivity contribution in [1.82, 2.24) is 14.5 Å². The maximum atomic E-state index is 14.9. The fraction of sp³-hybridized carbons (Fsp3) is 0.364. The van der Waals surface area contributed by atoms with Crippen molar-refractivity contribution in [2.75, 3.05) is 13.7 Å². The predicted molar refractivity (Wildman–Crippen MR) is 155 cm³/mol. The van der Waals surface area contributed by atoms with Gasteiger partial charge in [-0.1, -0.05) is 93.8 Å². The van der Waals surface area contributed by atoms with Gasteiger partial charge in [0.2, 0.25) is 0 Å². The number of methoxy groups -OCH3 is 1. The lowest BCUT2D eigenvalue weighted by atomic mass is 10.1. The normalized spacial score (nSPS) is 11.3. The largest absolute Gasteiger partial charge is 0.497 e. The van der Waals surface area contributed by atoms with Crippen LogP contribution >= 0.6 is 0 Å². The van der Waals surface area contributed by atoms with Crippen LogP contribution in [0.5, 0.6) is 5.75 Å². The van der Waals surface area contributed by atoms with Crippen molar-refractivity contribution in [2.24, 2.45) is 0 Å². The molecule has 0 bridgehead atoms. The Hall–Kier alpha value is -3.44. The molecular weight excluding hydrogens is 473 g/mol. The molecule has 0 saturated heterocycles. The van der Waals surface area contributed by atoms with Crippen LogP contribution in [-0.2, 0) is 19.6 Å². The van der Waals surface area contributed by atoms with Crippen LogP contribution in [0, 0.1) is 5.82 Å². The molecule has 38 heavy (non-hydrogen) atoms. The standard InChI is InChI=1S/C33H40FN3O/c1-4-6-14-22-37-31(25-36(21-7-5-2)24-28-23-29(38-3)19-20-30(28)34)32(26-15-10-8-11-16-26)35-33(37)27-17-12-9-13-18-27/h8-13,15-20,23H,4-7,14,21-22,24-25H2,1-3H3. The van der Waals surface area contributed by atoms with Crippen LogP contribution < -0.4 is 4.74 Å². The van der Waals surface area contributed by atoms with E-state index < -0.39 is 0 Å². The zero-order chi connectivity index (χ0) is 26.7. The summed E-state index contributed by atoms with van der Waals surface area (Å²) >= 11 is 0. The van der Waals surface area contributed by atoms with Gasteiger partial charge in [-0.15, -0.1) is 0 Å². The monoisotopic (exact) mass is 513 g/mol. The van der Waals surface area contributed by atoms with Crippen LogP contribution in [-0.4, -0.2) is 28.1 Å². The molecule has 0 radical (unpaired) electrons. The van der Waals surface area contributed by atoms with E-state index in [2.05, 4.69) is 71.8 Å². The number of imidazole rings is 1. The first-order valence-electron chi connectivity index (χ1n) is 13.9. The molecule has 4 nitrogen and oxygen atoms in total. The second kappa shape index (κ2) is 13.9. The van der Waals surface area contributed by atoms with E-state index in [1.807, 2.05) is 18.2 Å². The summed E-state index contributed by atoms with van der Waals surface area (Å²) in [6, 6.07) is 25.9. The zero-order valence-corrected chi connectivity index (χ0v) is 23.0. The van der Waals surface area contributed by atoms with Crippen molar-refractivity contribution in [2.45, 2.75) is 65.6 Å². The Balaban J connectivity index is 1.80. The molecule has 0 atom stereocenters. The predicted octanol–water partition coefficient (Wildman–Crippen LogP) is 8.36. The van der Waals surface area contributed by atoms with E-state index in [4.69, 9.17) is 9.72 Å². The highest BCUT2D eigenvalue weighted by molar-refractivity contribution is 5.68. The molecule has 0 aliphatic heterocycles. The van der Waals surface area contributed by atoms with Gasteiger partial charge in [0.15, 0.2) is 0 Å². The molecule has 0 N–H and O–H groups in total. The maximum Gasteiger partial charge on any atom is 0.140 e. The lowest BCUT2D eigenvalue weighted by Crippen LogP contribution is -2.26. The molecule has 5 heteroatoms. The Morgan fingerprint density at radius 2 is 1.50 bits per heavy atom. The minimum Gasteiger partial charge on any atom is -0.497 e. The molecule has 3 aromatic carbocycles. The van der Waals surface area contributed by atoms with Crippen LogP contribution in [0.25, 0.3) is 22.6 Å². The molecule has 0 amide bonds. The number of rotatable bonds is 14. The summed E-state index contributed by atoms with van der Waals surface area (Å²) in [4.78, 5) is 7.61. The molecule has 0 aliphatic rings. The van der Waals surface area contributed by atoms with Gasteiger partial charge in [-0.2, -0.15) is 0 Å². The van der Waals surface area contributed by atoms with Crippen LogP contribution in [0.3, 0.4) is 0 Å². The third kappa shape index (κ3) is 6.90. The molecule has 0 spiro atoms. The van der Waals surface area contributed by atoms with Gasteiger partial charge in [0.05, 0.1) is 18.5 Å². The molecule has 0 fully saturated rings. The highest BCUT2D eigenvalue weighted by Gasteiger charge is 2.22. The Morgan fingerprint density at radius 1 is 0.816 bits per heavy atom. The topological polar surface area (TPSA) is 30.3 Å². The Labute approximate surface area is 227 Å². The molecule has 1 heterocycles. The number of aromatic nitrogens is 2. The third-order valence-electron chi connectivity index (χ3n) is 6.99. The van der Waals surface area contributed by atoms with E-state index in [9.17, 15) is 4.39 Å². The molecule has 0 saturated carbocycles. The second-order valence-electron chi connectivity index (χ2n) is 9.84. The van der Waals surface area contributed by atoms with Crippen molar-refractivity contribution >= 4 is 0 Å². The fourth-order valence-electron chi connectivity index (χ4n) is 4.89. The number of ether oxygens (including phenoxy) is 1. The fourth-order valence-corrected chi connectivity index (χ4v) is 4.89. The molecule has 200 valence electrons. The molecule has 0 aliphatic carbocycles. The first-order chi connectivity index (χ1) is 18.6. The second-order valence-corrected chi connectivity index (χ2v) is 9.84. The summed E-state index contributed by atoms with van der Waals surface area (Å²) in [5.41, 5.74) is 5.07. The van der Waals surface area contributed by atoms with Gasteiger partial charge >= 0.3 is 0 Å². The average Bonchev–Trinajstić information content (AvgIpc) is 3.31. The SMILES string of the molecule is CCCCCn1c(-c2ccccc2)nc(-c2ccccc2)c1CN(CCCC)Cc1cc(OC)ccc1F. The van der Waals surface area contributed by atoms with Crippen LogP contribution in [0.15, 0.2) is 78.9 Å². The lowest BCUT2D eigenvalue weighted by Gasteiger charge is -2.24. The summed E-state index contributed by atoms with van der Waals surface area (Å²) in [7, 11) is 1.62. The molecular formula is C33H40FN3O. The molecule has 4 aromatic rings. The minimum atomic E-state index is -0.197. The van der Waals surface area contributed by atoms with E-state index in [0.29, 0.717) is 24.4 Å². The first kappa shape index (κ1) is 27.6. The van der Waals surface area contributed by atoms with Crippen LogP contribution in [0.1, 0.15) is 57.2 Å². The van der Waals surface area contributed by atoms with Gasteiger partial charge in [0.1, 0.15) is 17.4 Å².